The molecular formula is C16H23N3O. The molecule has 0 saturated carbocycles. The van der Waals surface area contributed by atoms with Gasteiger partial charge < -0.3 is 15.4 Å². The minimum Gasteiger partial charge on any atom is -0.378 e. The molecule has 2 N–H and O–H groups in total. The van der Waals surface area contributed by atoms with Gasteiger partial charge in [-0.3, -0.25) is 4.99 Å². The number of benzene rings is 1. The second-order valence-electron chi connectivity index (χ2n) is 5.83. The molecule has 2 heterocycles. The smallest absolute Gasteiger partial charge is 0.192 e. The third-order valence-corrected chi connectivity index (χ3v) is 4.55. The van der Waals surface area contributed by atoms with E-state index in [1.54, 1.807) is 0 Å². The van der Waals surface area contributed by atoms with Crippen molar-refractivity contribution in [3.05, 3.63) is 35.9 Å². The summed E-state index contributed by atoms with van der Waals surface area (Å²) in [6.45, 7) is 4.65. The number of hydrogen-bond acceptors (Lipinski definition) is 4. The highest BCUT2D eigenvalue weighted by atomic mass is 16.5. The molecule has 1 saturated heterocycles. The van der Waals surface area contributed by atoms with E-state index in [1.165, 1.54) is 5.56 Å². The van der Waals surface area contributed by atoms with E-state index in [9.17, 15) is 0 Å². The Morgan fingerprint density at radius 3 is 2.95 bits per heavy atom. The second-order valence-corrected chi connectivity index (χ2v) is 5.83. The quantitative estimate of drug-likeness (QED) is 0.918. The summed E-state index contributed by atoms with van der Waals surface area (Å²) in [4.78, 5) is 6.82. The molecule has 20 heavy (non-hydrogen) atoms. The first-order valence-corrected chi connectivity index (χ1v) is 7.46. The van der Waals surface area contributed by atoms with Crippen molar-refractivity contribution in [3.63, 3.8) is 0 Å². The van der Waals surface area contributed by atoms with Crippen LogP contribution in [0.2, 0.25) is 0 Å². The van der Waals surface area contributed by atoms with Crippen molar-refractivity contribution in [3.8, 4) is 0 Å². The van der Waals surface area contributed by atoms with Crippen molar-refractivity contribution in [2.24, 2.45) is 10.7 Å². The van der Waals surface area contributed by atoms with Gasteiger partial charge in [-0.2, -0.15) is 0 Å². The number of guanidine groups is 1. The van der Waals surface area contributed by atoms with Gasteiger partial charge >= 0.3 is 0 Å². The van der Waals surface area contributed by atoms with Crippen molar-refractivity contribution in [1.82, 2.24) is 4.90 Å². The zero-order valence-electron chi connectivity index (χ0n) is 12.1. The van der Waals surface area contributed by atoms with Gasteiger partial charge in [0.05, 0.1) is 18.2 Å². The molecular weight excluding hydrogens is 250 g/mol. The number of hydrogen-bond donors (Lipinski definition) is 1. The van der Waals surface area contributed by atoms with Crippen LogP contribution >= 0.6 is 0 Å². The van der Waals surface area contributed by atoms with Crippen molar-refractivity contribution in [1.29, 1.82) is 0 Å². The van der Waals surface area contributed by atoms with Crippen LogP contribution in [0, 0.1) is 0 Å². The summed E-state index contributed by atoms with van der Waals surface area (Å²) in [6.07, 6.45) is 3.44. The fourth-order valence-corrected chi connectivity index (χ4v) is 3.31. The van der Waals surface area contributed by atoms with Crippen molar-refractivity contribution < 1.29 is 4.74 Å². The molecule has 2 atom stereocenters. The lowest BCUT2D eigenvalue weighted by Gasteiger charge is -2.44. The van der Waals surface area contributed by atoms with Gasteiger partial charge in [-0.15, -0.1) is 0 Å². The predicted octanol–water partition coefficient (Wildman–Crippen LogP) is 2.14. The molecule has 0 amide bonds. The fraction of sp³-hybridized carbons (Fsp3) is 0.562. The standard InChI is InChI=1S/C16H23N3O/c1-2-14-10-16(8-9-20-14)12-18-15(17)19(16)11-13-6-4-3-5-7-13/h3-7,14H,2,8-12H2,1H3,(H2,17,18). The average Bonchev–Trinajstić information content (AvgIpc) is 2.78. The molecule has 2 aliphatic rings. The van der Waals surface area contributed by atoms with Crippen LogP contribution in [0.4, 0.5) is 0 Å². The molecule has 2 aliphatic heterocycles. The van der Waals surface area contributed by atoms with E-state index in [1.807, 2.05) is 6.07 Å². The van der Waals surface area contributed by atoms with Crippen LogP contribution in [-0.2, 0) is 11.3 Å². The van der Waals surface area contributed by atoms with E-state index in [-0.39, 0.29) is 5.54 Å². The molecule has 0 radical (unpaired) electrons. The van der Waals surface area contributed by atoms with Gasteiger partial charge in [0.25, 0.3) is 0 Å². The van der Waals surface area contributed by atoms with Crippen LogP contribution in [-0.4, -0.2) is 35.7 Å². The third kappa shape index (κ3) is 2.40. The van der Waals surface area contributed by atoms with E-state index < -0.39 is 0 Å². The molecule has 0 bridgehead atoms. The average molecular weight is 273 g/mol. The normalized spacial score (nSPS) is 29.8. The summed E-state index contributed by atoms with van der Waals surface area (Å²) in [5.74, 6) is 0.686. The maximum atomic E-state index is 6.15. The second kappa shape index (κ2) is 5.44. The maximum Gasteiger partial charge on any atom is 0.192 e. The van der Waals surface area contributed by atoms with Gasteiger partial charge in [-0.25, -0.2) is 0 Å². The number of nitrogens with two attached hydrogens (primary N) is 1. The first-order chi connectivity index (χ1) is 9.73. The largest absolute Gasteiger partial charge is 0.378 e. The fourth-order valence-electron chi connectivity index (χ4n) is 3.31. The Kier molecular flexibility index (Phi) is 3.66. The number of ether oxygens (including phenoxy) is 1. The highest BCUT2D eigenvalue weighted by Crippen LogP contribution is 2.36. The molecule has 4 nitrogen and oxygen atoms in total. The summed E-state index contributed by atoms with van der Waals surface area (Å²) >= 11 is 0. The van der Waals surface area contributed by atoms with E-state index in [2.05, 4.69) is 41.1 Å². The Bertz CT molecular complexity index is 488. The number of nitrogens with zero attached hydrogens (tertiary/aromatic N) is 2. The van der Waals surface area contributed by atoms with Crippen molar-refractivity contribution in [2.75, 3.05) is 13.2 Å². The van der Waals surface area contributed by atoms with Gasteiger partial charge in [-0.1, -0.05) is 37.3 Å². The topological polar surface area (TPSA) is 50.9 Å². The minimum absolute atomic E-state index is 0.0683. The lowest BCUT2D eigenvalue weighted by Crippen LogP contribution is -2.55. The highest BCUT2D eigenvalue weighted by Gasteiger charge is 2.45. The Morgan fingerprint density at radius 1 is 1.40 bits per heavy atom. The van der Waals surface area contributed by atoms with Gasteiger partial charge in [0.2, 0.25) is 0 Å². The van der Waals surface area contributed by atoms with Gasteiger partial charge in [0.1, 0.15) is 0 Å². The molecule has 0 aliphatic carbocycles. The van der Waals surface area contributed by atoms with Crippen molar-refractivity contribution >= 4 is 5.96 Å². The summed E-state index contributed by atoms with van der Waals surface area (Å²) in [6, 6.07) is 10.5. The maximum absolute atomic E-state index is 6.15. The van der Waals surface area contributed by atoms with Crippen molar-refractivity contribution in [2.45, 2.75) is 44.4 Å². The number of rotatable bonds is 3. The van der Waals surface area contributed by atoms with E-state index >= 15 is 0 Å². The molecule has 1 aromatic carbocycles. The lowest BCUT2D eigenvalue weighted by molar-refractivity contribution is -0.0501. The predicted molar refractivity (Wildman–Crippen MR) is 80.5 cm³/mol. The molecule has 2 unspecified atom stereocenters. The van der Waals surface area contributed by atoms with Gasteiger partial charge in [0, 0.05) is 13.2 Å². The summed E-state index contributed by atoms with van der Waals surface area (Å²) in [5, 5.41) is 0. The highest BCUT2D eigenvalue weighted by molar-refractivity contribution is 5.81. The Morgan fingerprint density at radius 2 is 2.20 bits per heavy atom. The van der Waals surface area contributed by atoms with Crippen LogP contribution in [0.5, 0.6) is 0 Å². The zero-order valence-corrected chi connectivity index (χ0v) is 12.1. The molecule has 0 aromatic heterocycles. The number of aliphatic imine (C=N–C) groups is 1. The van der Waals surface area contributed by atoms with Crippen LogP contribution in [0.25, 0.3) is 0 Å². The zero-order chi connectivity index (χ0) is 14.0. The first-order valence-electron chi connectivity index (χ1n) is 7.46. The van der Waals surface area contributed by atoms with E-state index in [4.69, 9.17) is 10.5 Å². The van der Waals surface area contributed by atoms with Crippen LogP contribution in [0.15, 0.2) is 35.3 Å². The Balaban J connectivity index is 1.81. The molecule has 4 heteroatoms. The Labute approximate surface area is 120 Å². The summed E-state index contributed by atoms with van der Waals surface area (Å²) in [7, 11) is 0. The molecule has 108 valence electrons. The third-order valence-electron chi connectivity index (χ3n) is 4.55. The van der Waals surface area contributed by atoms with Crippen LogP contribution in [0.3, 0.4) is 0 Å². The van der Waals surface area contributed by atoms with E-state index in [0.29, 0.717) is 12.1 Å². The lowest BCUT2D eigenvalue weighted by atomic mass is 9.84. The summed E-state index contributed by atoms with van der Waals surface area (Å²) in [5.41, 5.74) is 7.51. The monoisotopic (exact) mass is 273 g/mol. The van der Waals surface area contributed by atoms with E-state index in [0.717, 1.165) is 39.0 Å². The van der Waals surface area contributed by atoms with Crippen LogP contribution in [0.1, 0.15) is 31.7 Å². The molecule has 1 spiro atoms. The summed E-state index contributed by atoms with van der Waals surface area (Å²) < 4.78 is 5.83. The molecule has 1 fully saturated rings. The Hall–Kier alpha value is -1.55. The molecule has 1 aromatic rings. The van der Waals surface area contributed by atoms with Gasteiger partial charge in [0.15, 0.2) is 5.96 Å². The van der Waals surface area contributed by atoms with Crippen LogP contribution < -0.4 is 5.73 Å². The first kappa shape index (κ1) is 13.4. The van der Waals surface area contributed by atoms with Gasteiger partial charge in [-0.05, 0) is 24.8 Å². The molecule has 3 rings (SSSR count). The SMILES string of the molecule is CCC1CC2(CCO1)CN=C(N)N2Cc1ccccc1. The minimum atomic E-state index is 0.0683.